The summed E-state index contributed by atoms with van der Waals surface area (Å²) in [5, 5.41) is 15.0. The van der Waals surface area contributed by atoms with Gasteiger partial charge in [0.1, 0.15) is 11.3 Å². The summed E-state index contributed by atoms with van der Waals surface area (Å²) < 4.78 is 26.3. The number of nitro groups is 1. The van der Waals surface area contributed by atoms with Crippen molar-refractivity contribution in [3.63, 3.8) is 0 Å². The first-order chi connectivity index (χ1) is 16.9. The predicted octanol–water partition coefficient (Wildman–Crippen LogP) is 5.02. The third-order valence-corrected chi connectivity index (χ3v) is 5.84. The van der Waals surface area contributed by atoms with Crippen molar-refractivity contribution >= 4 is 34.2 Å². The number of fused-ring (bicyclic) bond motifs is 1. The van der Waals surface area contributed by atoms with Gasteiger partial charge in [-0.05, 0) is 18.9 Å². The summed E-state index contributed by atoms with van der Waals surface area (Å²) in [4.78, 5) is 31.7. The van der Waals surface area contributed by atoms with Crippen LogP contribution in [0.15, 0.2) is 48.8 Å². The van der Waals surface area contributed by atoms with Gasteiger partial charge in [-0.25, -0.2) is 14.8 Å². The van der Waals surface area contributed by atoms with Crippen molar-refractivity contribution in [1.29, 1.82) is 0 Å². The first kappa shape index (κ1) is 22.3. The fourth-order valence-corrected chi connectivity index (χ4v) is 4.03. The number of esters is 1. The largest absolute Gasteiger partial charge is 0.494 e. The number of halogens is 1. The molecule has 5 rings (SSSR count). The summed E-state index contributed by atoms with van der Waals surface area (Å²) in [6, 6.07) is 10.1. The molecule has 178 valence electrons. The molecule has 1 aliphatic rings. The summed E-state index contributed by atoms with van der Waals surface area (Å²) >= 11 is 0. The molecule has 1 fully saturated rings. The zero-order valence-corrected chi connectivity index (χ0v) is 18.8. The summed E-state index contributed by atoms with van der Waals surface area (Å²) in [7, 11) is 2.58. The van der Waals surface area contributed by atoms with E-state index in [-0.39, 0.29) is 22.9 Å². The number of carbonyl (C=O) groups excluding carboxylic acids is 1. The van der Waals surface area contributed by atoms with Gasteiger partial charge in [0.25, 0.3) is 0 Å². The van der Waals surface area contributed by atoms with Gasteiger partial charge < -0.3 is 19.4 Å². The first-order valence-corrected chi connectivity index (χ1v) is 10.8. The van der Waals surface area contributed by atoms with Crippen molar-refractivity contribution in [2.24, 2.45) is 0 Å². The highest BCUT2D eigenvalue weighted by Crippen LogP contribution is 2.42. The molecule has 4 aromatic rings. The number of hydrogen-bond donors (Lipinski definition) is 1. The van der Waals surface area contributed by atoms with E-state index < -0.39 is 22.4 Å². The van der Waals surface area contributed by atoms with Crippen molar-refractivity contribution in [2.45, 2.75) is 18.9 Å². The van der Waals surface area contributed by atoms with Crippen LogP contribution in [0, 0.1) is 15.9 Å². The molecule has 0 unspecified atom stereocenters. The molecule has 35 heavy (non-hydrogen) atoms. The predicted molar refractivity (Wildman–Crippen MR) is 125 cm³/mol. The smallest absolute Gasteiger partial charge is 0.341 e. The SMILES string of the molecule is COC(=O)c1cnc(Nc2cc([N+](=O)[O-])c(F)cc2OC)nc1-c1cn(C2CC2)c2ccccc12. The van der Waals surface area contributed by atoms with E-state index in [4.69, 9.17) is 9.47 Å². The second-order valence-corrected chi connectivity index (χ2v) is 8.03. The zero-order valence-electron chi connectivity index (χ0n) is 18.8. The van der Waals surface area contributed by atoms with Crippen molar-refractivity contribution in [2.75, 3.05) is 19.5 Å². The van der Waals surface area contributed by atoms with Crippen LogP contribution in [0.5, 0.6) is 5.75 Å². The average Bonchev–Trinajstić information content (AvgIpc) is 3.64. The molecule has 2 aromatic heterocycles. The maximum atomic E-state index is 14.1. The highest BCUT2D eigenvalue weighted by atomic mass is 19.1. The van der Waals surface area contributed by atoms with Crippen LogP contribution >= 0.6 is 0 Å². The van der Waals surface area contributed by atoms with Crippen LogP contribution in [0.1, 0.15) is 29.2 Å². The van der Waals surface area contributed by atoms with E-state index in [0.29, 0.717) is 11.7 Å². The number of para-hydroxylation sites is 1. The van der Waals surface area contributed by atoms with Crippen molar-refractivity contribution in [3.8, 4) is 17.0 Å². The molecule has 2 heterocycles. The molecular formula is C24H20FN5O5. The Morgan fingerprint density at radius 2 is 2.03 bits per heavy atom. The highest BCUT2D eigenvalue weighted by molar-refractivity contribution is 6.03. The van der Waals surface area contributed by atoms with Crippen molar-refractivity contribution in [1.82, 2.24) is 14.5 Å². The molecular weight excluding hydrogens is 457 g/mol. The Morgan fingerprint density at radius 1 is 1.26 bits per heavy atom. The zero-order chi connectivity index (χ0) is 24.7. The Bertz CT molecular complexity index is 1480. The number of carbonyl (C=O) groups is 1. The summed E-state index contributed by atoms with van der Waals surface area (Å²) in [5.41, 5.74) is 1.60. The Hall–Kier alpha value is -4.54. The van der Waals surface area contributed by atoms with Gasteiger partial charge in [0.2, 0.25) is 11.8 Å². The molecule has 1 N–H and O–H groups in total. The van der Waals surface area contributed by atoms with E-state index in [2.05, 4.69) is 19.9 Å². The summed E-state index contributed by atoms with van der Waals surface area (Å²) in [6.07, 6.45) is 5.43. The molecule has 2 aromatic carbocycles. The van der Waals surface area contributed by atoms with Gasteiger partial charge in [0, 0.05) is 47.0 Å². The number of methoxy groups -OCH3 is 2. The molecule has 1 saturated carbocycles. The van der Waals surface area contributed by atoms with E-state index >= 15 is 0 Å². The maximum Gasteiger partial charge on any atom is 0.341 e. The minimum atomic E-state index is -1.03. The minimum Gasteiger partial charge on any atom is -0.494 e. The molecule has 0 aliphatic heterocycles. The number of benzene rings is 2. The number of hydrogen-bond acceptors (Lipinski definition) is 8. The van der Waals surface area contributed by atoms with Gasteiger partial charge in [-0.2, -0.15) is 4.39 Å². The number of aromatic nitrogens is 3. The first-order valence-electron chi connectivity index (χ1n) is 10.8. The molecule has 0 radical (unpaired) electrons. The Morgan fingerprint density at radius 3 is 2.71 bits per heavy atom. The van der Waals surface area contributed by atoms with Gasteiger partial charge in [0.05, 0.1) is 30.5 Å². The van der Waals surface area contributed by atoms with Crippen LogP contribution in [0.3, 0.4) is 0 Å². The number of rotatable bonds is 7. The number of nitro benzene ring substituents is 1. The van der Waals surface area contributed by atoms with Gasteiger partial charge in [-0.3, -0.25) is 10.1 Å². The van der Waals surface area contributed by atoms with Gasteiger partial charge in [-0.1, -0.05) is 18.2 Å². The average molecular weight is 477 g/mol. The summed E-state index contributed by atoms with van der Waals surface area (Å²) in [6.45, 7) is 0. The van der Waals surface area contributed by atoms with Gasteiger partial charge in [0.15, 0.2) is 0 Å². The molecule has 0 atom stereocenters. The minimum absolute atomic E-state index is 0.0284. The highest BCUT2D eigenvalue weighted by Gasteiger charge is 2.28. The van der Waals surface area contributed by atoms with Crippen LogP contribution in [0.2, 0.25) is 0 Å². The molecule has 0 spiro atoms. The maximum absolute atomic E-state index is 14.1. The van der Waals surface area contributed by atoms with E-state index in [0.717, 1.165) is 41.4 Å². The lowest BCUT2D eigenvalue weighted by atomic mass is 10.1. The lowest BCUT2D eigenvalue weighted by Gasteiger charge is -2.12. The fourth-order valence-electron chi connectivity index (χ4n) is 4.03. The molecule has 10 nitrogen and oxygen atoms in total. The van der Waals surface area contributed by atoms with Crippen LogP contribution in [0.4, 0.5) is 21.7 Å². The lowest BCUT2D eigenvalue weighted by Crippen LogP contribution is -2.09. The van der Waals surface area contributed by atoms with Gasteiger partial charge >= 0.3 is 11.7 Å². The monoisotopic (exact) mass is 477 g/mol. The van der Waals surface area contributed by atoms with E-state index in [1.165, 1.54) is 20.4 Å². The molecule has 1 aliphatic carbocycles. The third kappa shape index (κ3) is 4.01. The van der Waals surface area contributed by atoms with Crippen molar-refractivity contribution in [3.05, 3.63) is 70.3 Å². The standard InChI is InChI=1S/C24H20FN5O5/c1-34-21-9-17(25)20(30(32)33)10-18(21)27-24-26-11-15(23(31)35-2)22(28-24)16-12-29(13-7-8-13)19-6-4-3-5-14(16)19/h3-6,9-13H,7-8H2,1-2H3,(H,26,27,28). The second-order valence-electron chi connectivity index (χ2n) is 8.03. The second kappa shape index (κ2) is 8.67. The molecule has 0 bridgehead atoms. The van der Waals surface area contributed by atoms with Crippen LogP contribution in [0.25, 0.3) is 22.2 Å². The fraction of sp³-hybridized carbons (Fsp3) is 0.208. The number of nitrogens with zero attached hydrogens (tertiary/aromatic N) is 4. The Kier molecular flexibility index (Phi) is 5.51. The normalized spacial score (nSPS) is 13.0. The number of anilines is 2. The van der Waals surface area contributed by atoms with Crippen LogP contribution < -0.4 is 10.1 Å². The lowest BCUT2D eigenvalue weighted by molar-refractivity contribution is -0.387. The number of nitrogens with one attached hydrogen (secondary N) is 1. The Balaban J connectivity index is 1.65. The van der Waals surface area contributed by atoms with E-state index in [1.54, 1.807) is 0 Å². The van der Waals surface area contributed by atoms with E-state index in [9.17, 15) is 19.3 Å². The number of ether oxygens (including phenoxy) is 2. The molecule has 0 amide bonds. The quantitative estimate of drug-likeness (QED) is 0.224. The third-order valence-electron chi connectivity index (χ3n) is 5.84. The topological polar surface area (TPSA) is 121 Å². The van der Waals surface area contributed by atoms with Crippen molar-refractivity contribution < 1.29 is 23.6 Å². The molecule has 0 saturated heterocycles. The van der Waals surface area contributed by atoms with Gasteiger partial charge in [-0.15, -0.1) is 0 Å². The van der Waals surface area contributed by atoms with Crippen LogP contribution in [-0.4, -0.2) is 39.6 Å². The van der Waals surface area contributed by atoms with Crippen LogP contribution in [-0.2, 0) is 4.74 Å². The van der Waals surface area contributed by atoms with E-state index in [1.807, 2.05) is 30.5 Å². The Labute approximate surface area is 198 Å². The summed E-state index contributed by atoms with van der Waals surface area (Å²) in [5.74, 6) is -1.58. The molecule has 11 heteroatoms.